The van der Waals surface area contributed by atoms with Gasteiger partial charge in [0.2, 0.25) is 5.91 Å². The lowest BCUT2D eigenvalue weighted by Gasteiger charge is -2.10. The molecule has 0 fully saturated rings. The summed E-state index contributed by atoms with van der Waals surface area (Å²) in [5.74, 6) is 0.487. The zero-order valence-corrected chi connectivity index (χ0v) is 9.93. The predicted octanol–water partition coefficient (Wildman–Crippen LogP) is 2.62. The van der Waals surface area contributed by atoms with Crippen LogP contribution in [-0.4, -0.2) is 13.0 Å². The molecule has 0 aliphatic heterocycles. The maximum Gasteiger partial charge on any atom is 0.224 e. The maximum atomic E-state index is 11.2. The van der Waals surface area contributed by atoms with Crippen molar-refractivity contribution in [2.45, 2.75) is 18.2 Å². The second-order valence-corrected chi connectivity index (χ2v) is 3.82. The maximum absolute atomic E-state index is 11.2. The summed E-state index contributed by atoms with van der Waals surface area (Å²) in [6.07, 6.45) is 0.415. The van der Waals surface area contributed by atoms with E-state index in [1.807, 2.05) is 5.40 Å². The van der Waals surface area contributed by atoms with E-state index < -0.39 is 0 Å². The number of thiocyanates is 1. The molecule has 0 radical (unpaired) electrons. The van der Waals surface area contributed by atoms with Crippen molar-refractivity contribution >= 4 is 23.4 Å². The molecule has 4 nitrogen and oxygen atoms in total. The topological polar surface area (TPSA) is 62.1 Å². The van der Waals surface area contributed by atoms with E-state index in [0.717, 1.165) is 16.7 Å². The van der Waals surface area contributed by atoms with Crippen molar-refractivity contribution in [1.29, 1.82) is 5.26 Å². The third-order valence-corrected chi connectivity index (χ3v) is 2.51. The van der Waals surface area contributed by atoms with Crippen LogP contribution in [0.15, 0.2) is 23.1 Å². The summed E-state index contributed by atoms with van der Waals surface area (Å²) in [4.78, 5) is 12.0. The monoisotopic (exact) mass is 236 g/mol. The van der Waals surface area contributed by atoms with E-state index in [9.17, 15) is 4.79 Å². The summed E-state index contributed by atoms with van der Waals surface area (Å²) in [5, 5.41) is 13.2. The Labute approximate surface area is 98.6 Å². The first-order valence-electron chi connectivity index (χ1n) is 4.75. The minimum Gasteiger partial charge on any atom is -0.495 e. The number of rotatable bonds is 4. The Morgan fingerprint density at radius 2 is 2.38 bits per heavy atom. The van der Waals surface area contributed by atoms with Gasteiger partial charge in [-0.25, -0.2) is 0 Å². The molecule has 0 aliphatic rings. The quantitative estimate of drug-likeness (QED) is 0.644. The van der Waals surface area contributed by atoms with Crippen LogP contribution in [0.25, 0.3) is 0 Å². The number of nitriles is 1. The molecule has 1 N–H and O–H groups in total. The number of nitrogens with zero attached hydrogens (tertiary/aromatic N) is 1. The van der Waals surface area contributed by atoms with Gasteiger partial charge in [0.25, 0.3) is 0 Å². The SMILES string of the molecule is CCC(=O)Nc1ccc(SC#N)cc1OC. The Bertz CT molecular complexity index is 426. The van der Waals surface area contributed by atoms with Crippen molar-refractivity contribution in [2.24, 2.45) is 0 Å². The fourth-order valence-electron chi connectivity index (χ4n) is 1.13. The van der Waals surface area contributed by atoms with Gasteiger partial charge in [0.1, 0.15) is 11.2 Å². The highest BCUT2D eigenvalue weighted by Gasteiger charge is 2.07. The molecule has 1 amide bonds. The van der Waals surface area contributed by atoms with Gasteiger partial charge in [-0.05, 0) is 30.0 Å². The lowest BCUT2D eigenvalue weighted by Crippen LogP contribution is -2.10. The second-order valence-electron chi connectivity index (χ2n) is 2.96. The van der Waals surface area contributed by atoms with Crippen LogP contribution in [0.4, 0.5) is 5.69 Å². The van der Waals surface area contributed by atoms with Crippen molar-refractivity contribution in [3.63, 3.8) is 0 Å². The number of benzene rings is 1. The van der Waals surface area contributed by atoms with Crippen molar-refractivity contribution in [3.8, 4) is 11.2 Å². The van der Waals surface area contributed by atoms with Crippen molar-refractivity contribution < 1.29 is 9.53 Å². The van der Waals surface area contributed by atoms with Gasteiger partial charge in [-0.1, -0.05) is 6.92 Å². The van der Waals surface area contributed by atoms with Gasteiger partial charge in [-0.3, -0.25) is 4.79 Å². The Morgan fingerprint density at radius 3 is 2.94 bits per heavy atom. The summed E-state index contributed by atoms with van der Waals surface area (Å²) in [5.41, 5.74) is 0.622. The van der Waals surface area contributed by atoms with E-state index in [-0.39, 0.29) is 5.91 Å². The fraction of sp³-hybridized carbons (Fsp3) is 0.273. The predicted molar refractivity (Wildman–Crippen MR) is 63.4 cm³/mol. The van der Waals surface area contributed by atoms with Crippen LogP contribution in [0.1, 0.15) is 13.3 Å². The van der Waals surface area contributed by atoms with E-state index in [2.05, 4.69) is 5.32 Å². The molecular weight excluding hydrogens is 224 g/mol. The number of thioether (sulfide) groups is 1. The molecular formula is C11H12N2O2S. The highest BCUT2D eigenvalue weighted by molar-refractivity contribution is 8.03. The number of hydrogen-bond donors (Lipinski definition) is 1. The van der Waals surface area contributed by atoms with Crippen LogP contribution < -0.4 is 10.1 Å². The Kier molecular flexibility index (Phi) is 4.67. The number of carbonyl (C=O) groups is 1. The minimum absolute atomic E-state index is 0.0704. The lowest BCUT2D eigenvalue weighted by atomic mass is 10.3. The Hall–Kier alpha value is -1.67. The van der Waals surface area contributed by atoms with Crippen molar-refractivity contribution in [3.05, 3.63) is 18.2 Å². The van der Waals surface area contributed by atoms with Crippen molar-refractivity contribution in [1.82, 2.24) is 0 Å². The molecule has 0 heterocycles. The molecule has 0 aromatic heterocycles. The fourth-order valence-corrected chi connectivity index (χ4v) is 1.54. The third kappa shape index (κ3) is 3.17. The molecule has 1 aromatic carbocycles. The summed E-state index contributed by atoms with van der Waals surface area (Å²) in [6, 6.07) is 5.22. The number of methoxy groups -OCH3 is 1. The van der Waals surface area contributed by atoms with Crippen LogP contribution in [-0.2, 0) is 4.79 Å². The molecule has 5 heteroatoms. The van der Waals surface area contributed by atoms with Crippen LogP contribution in [0.3, 0.4) is 0 Å². The number of amides is 1. The number of carbonyl (C=O) groups excluding carboxylic acids is 1. The number of nitrogens with one attached hydrogen (secondary N) is 1. The van der Waals surface area contributed by atoms with Gasteiger partial charge >= 0.3 is 0 Å². The van der Waals surface area contributed by atoms with Crippen LogP contribution in [0.5, 0.6) is 5.75 Å². The third-order valence-electron chi connectivity index (χ3n) is 1.93. The molecule has 84 valence electrons. The molecule has 1 rings (SSSR count). The first kappa shape index (κ1) is 12.4. The zero-order valence-electron chi connectivity index (χ0n) is 9.11. The van der Waals surface area contributed by atoms with E-state index in [0.29, 0.717) is 17.9 Å². The smallest absolute Gasteiger partial charge is 0.224 e. The molecule has 0 spiro atoms. The largest absolute Gasteiger partial charge is 0.495 e. The Morgan fingerprint density at radius 1 is 1.62 bits per heavy atom. The van der Waals surface area contributed by atoms with Crippen molar-refractivity contribution in [2.75, 3.05) is 12.4 Å². The molecule has 1 aromatic rings. The average molecular weight is 236 g/mol. The summed E-state index contributed by atoms with van der Waals surface area (Å²) in [7, 11) is 1.53. The molecule has 0 saturated carbocycles. The highest BCUT2D eigenvalue weighted by Crippen LogP contribution is 2.29. The average Bonchev–Trinajstić information content (AvgIpc) is 2.31. The first-order valence-corrected chi connectivity index (χ1v) is 5.56. The van der Waals surface area contributed by atoms with Gasteiger partial charge in [-0.15, -0.1) is 0 Å². The van der Waals surface area contributed by atoms with Gasteiger partial charge in [0.05, 0.1) is 12.8 Å². The molecule has 0 saturated heterocycles. The normalized spacial score (nSPS) is 9.31. The van der Waals surface area contributed by atoms with Gasteiger partial charge in [0, 0.05) is 11.3 Å². The van der Waals surface area contributed by atoms with E-state index in [1.54, 1.807) is 25.1 Å². The highest BCUT2D eigenvalue weighted by atomic mass is 32.2. The van der Waals surface area contributed by atoms with Gasteiger partial charge in [-0.2, -0.15) is 5.26 Å². The van der Waals surface area contributed by atoms with E-state index in [1.165, 1.54) is 7.11 Å². The number of ether oxygens (including phenoxy) is 1. The van der Waals surface area contributed by atoms with Crippen LogP contribution >= 0.6 is 11.8 Å². The van der Waals surface area contributed by atoms with E-state index in [4.69, 9.17) is 10.00 Å². The summed E-state index contributed by atoms with van der Waals surface area (Å²) in [6.45, 7) is 1.78. The summed E-state index contributed by atoms with van der Waals surface area (Å²) >= 11 is 1.05. The van der Waals surface area contributed by atoms with Gasteiger partial charge < -0.3 is 10.1 Å². The minimum atomic E-state index is -0.0704. The lowest BCUT2D eigenvalue weighted by molar-refractivity contribution is -0.115. The second kappa shape index (κ2) is 6.03. The number of hydrogen-bond acceptors (Lipinski definition) is 4. The standard InChI is InChI=1S/C11H12N2O2S/c1-3-11(14)13-9-5-4-8(16-7-12)6-10(9)15-2/h4-6H,3H2,1-2H3,(H,13,14). The molecule has 0 bridgehead atoms. The molecule has 16 heavy (non-hydrogen) atoms. The van der Waals surface area contributed by atoms with Crippen LogP contribution in [0.2, 0.25) is 0 Å². The molecule has 0 unspecified atom stereocenters. The molecule has 0 aliphatic carbocycles. The van der Waals surface area contributed by atoms with Gasteiger partial charge in [0.15, 0.2) is 0 Å². The number of anilines is 1. The first-order chi connectivity index (χ1) is 7.71. The van der Waals surface area contributed by atoms with Crippen LogP contribution in [0, 0.1) is 10.7 Å². The summed E-state index contributed by atoms with van der Waals surface area (Å²) < 4.78 is 5.14. The molecule has 0 atom stereocenters. The Balaban J connectivity index is 2.93. The zero-order chi connectivity index (χ0) is 12.0. The van der Waals surface area contributed by atoms with E-state index >= 15 is 0 Å².